The molecule has 0 bridgehead atoms. The minimum atomic E-state index is 0.597. The number of nitrogens with zero attached hydrogens (tertiary/aromatic N) is 3. The van der Waals surface area contributed by atoms with E-state index < -0.39 is 0 Å². The van der Waals surface area contributed by atoms with Crippen molar-refractivity contribution in [3.8, 4) is 0 Å². The molecule has 2 N–H and O–H groups in total. The van der Waals surface area contributed by atoms with Gasteiger partial charge >= 0.3 is 0 Å². The number of aryl methyl sites for hydroxylation is 1. The van der Waals surface area contributed by atoms with E-state index in [9.17, 15) is 0 Å². The largest absolute Gasteiger partial charge is 0.330 e. The molecule has 2 aromatic rings. The molecule has 0 fully saturated rings. The molecule has 1 aromatic heterocycles. The molecule has 0 aliphatic rings. The van der Waals surface area contributed by atoms with Gasteiger partial charge in [-0.2, -0.15) is 0 Å². The highest BCUT2D eigenvalue weighted by atomic mass is 35.5. The lowest BCUT2D eigenvalue weighted by Crippen LogP contribution is -2.01. The molecule has 102 valence electrons. The summed E-state index contributed by atoms with van der Waals surface area (Å²) in [7, 11) is 0. The van der Waals surface area contributed by atoms with E-state index in [4.69, 9.17) is 28.9 Å². The van der Waals surface area contributed by atoms with Crippen molar-refractivity contribution in [2.75, 3.05) is 6.54 Å². The first kappa shape index (κ1) is 14.3. The van der Waals surface area contributed by atoms with Crippen molar-refractivity contribution in [3.63, 3.8) is 0 Å². The number of benzene rings is 1. The van der Waals surface area contributed by atoms with Crippen LogP contribution in [-0.4, -0.2) is 21.5 Å². The van der Waals surface area contributed by atoms with Gasteiger partial charge in [0.05, 0.1) is 12.2 Å². The molecule has 19 heavy (non-hydrogen) atoms. The number of hydrogen-bond donors (Lipinski definition) is 1. The average Bonchev–Trinajstić information content (AvgIpc) is 2.81. The SMILES string of the molecule is NCCCCc1cn(Cc2ccc(Cl)cc2Cl)nn1. The Morgan fingerprint density at radius 2 is 2.05 bits per heavy atom. The van der Waals surface area contributed by atoms with Crippen molar-refractivity contribution in [2.24, 2.45) is 5.73 Å². The Labute approximate surface area is 122 Å². The molecule has 0 unspecified atom stereocenters. The lowest BCUT2D eigenvalue weighted by Gasteiger charge is -2.04. The summed E-state index contributed by atoms with van der Waals surface area (Å²) in [5.74, 6) is 0. The Morgan fingerprint density at radius 3 is 2.79 bits per heavy atom. The summed E-state index contributed by atoms with van der Waals surface area (Å²) in [6.45, 7) is 1.31. The minimum Gasteiger partial charge on any atom is -0.330 e. The Bertz CT molecular complexity index is 539. The van der Waals surface area contributed by atoms with Gasteiger partial charge in [0.25, 0.3) is 0 Å². The Kier molecular flexibility index (Phi) is 5.19. The number of hydrogen-bond acceptors (Lipinski definition) is 3. The Morgan fingerprint density at radius 1 is 1.21 bits per heavy atom. The van der Waals surface area contributed by atoms with E-state index in [0.29, 0.717) is 23.1 Å². The topological polar surface area (TPSA) is 56.7 Å². The molecule has 0 aliphatic carbocycles. The minimum absolute atomic E-state index is 0.597. The van der Waals surface area contributed by atoms with Gasteiger partial charge in [0.15, 0.2) is 0 Å². The van der Waals surface area contributed by atoms with E-state index in [-0.39, 0.29) is 0 Å². The fourth-order valence-electron chi connectivity index (χ4n) is 1.81. The average molecular weight is 299 g/mol. The molecular weight excluding hydrogens is 283 g/mol. The molecule has 0 aliphatic heterocycles. The van der Waals surface area contributed by atoms with Gasteiger partial charge in [-0.25, -0.2) is 4.68 Å². The van der Waals surface area contributed by atoms with Gasteiger partial charge in [0.2, 0.25) is 0 Å². The van der Waals surface area contributed by atoms with Crippen LogP contribution < -0.4 is 5.73 Å². The smallest absolute Gasteiger partial charge is 0.0827 e. The zero-order chi connectivity index (χ0) is 13.7. The van der Waals surface area contributed by atoms with Gasteiger partial charge in [-0.05, 0) is 43.5 Å². The number of unbranched alkanes of at least 4 members (excludes halogenated alkanes) is 1. The monoisotopic (exact) mass is 298 g/mol. The first-order chi connectivity index (χ1) is 9.19. The molecule has 4 nitrogen and oxygen atoms in total. The van der Waals surface area contributed by atoms with E-state index in [1.807, 2.05) is 18.3 Å². The summed E-state index contributed by atoms with van der Waals surface area (Å²) >= 11 is 12.0. The Hall–Kier alpha value is -1.10. The summed E-state index contributed by atoms with van der Waals surface area (Å²) < 4.78 is 1.78. The third-order valence-electron chi connectivity index (χ3n) is 2.82. The van der Waals surface area contributed by atoms with Gasteiger partial charge in [0, 0.05) is 16.2 Å². The van der Waals surface area contributed by atoms with Crippen LogP contribution in [0.5, 0.6) is 0 Å². The van der Waals surface area contributed by atoms with Crippen LogP contribution in [0.3, 0.4) is 0 Å². The van der Waals surface area contributed by atoms with Gasteiger partial charge < -0.3 is 5.73 Å². The van der Waals surface area contributed by atoms with E-state index >= 15 is 0 Å². The zero-order valence-electron chi connectivity index (χ0n) is 10.5. The summed E-state index contributed by atoms with van der Waals surface area (Å²) in [6.07, 6.45) is 4.90. The maximum Gasteiger partial charge on any atom is 0.0827 e. The second kappa shape index (κ2) is 6.89. The van der Waals surface area contributed by atoms with E-state index in [2.05, 4.69) is 10.3 Å². The molecule has 0 amide bonds. The molecule has 0 saturated carbocycles. The van der Waals surface area contributed by atoms with Crippen molar-refractivity contribution in [1.29, 1.82) is 0 Å². The van der Waals surface area contributed by atoms with Crippen LogP contribution in [-0.2, 0) is 13.0 Å². The molecule has 0 atom stereocenters. The summed E-state index contributed by atoms with van der Waals surface area (Å²) in [5.41, 5.74) is 7.42. The van der Waals surface area contributed by atoms with Crippen molar-refractivity contribution >= 4 is 23.2 Å². The third kappa shape index (κ3) is 4.20. The standard InChI is InChI=1S/C13H16Cl2N4/c14-11-5-4-10(13(15)7-11)8-19-9-12(17-18-19)3-1-2-6-16/h4-5,7,9H,1-3,6,8,16H2. The van der Waals surface area contributed by atoms with Crippen LogP contribution in [0.15, 0.2) is 24.4 Å². The van der Waals surface area contributed by atoms with Crippen LogP contribution in [0, 0.1) is 0 Å². The molecular formula is C13H16Cl2N4. The number of halogens is 2. The van der Waals surface area contributed by atoms with Crippen LogP contribution in [0.25, 0.3) is 0 Å². The van der Waals surface area contributed by atoms with Gasteiger partial charge in [-0.15, -0.1) is 5.10 Å². The van der Waals surface area contributed by atoms with Gasteiger partial charge in [0.1, 0.15) is 0 Å². The lowest BCUT2D eigenvalue weighted by molar-refractivity contribution is 0.648. The summed E-state index contributed by atoms with van der Waals surface area (Å²) in [5, 5.41) is 9.51. The number of nitrogens with two attached hydrogens (primary N) is 1. The Balaban J connectivity index is 1.99. The van der Waals surface area contributed by atoms with Crippen molar-refractivity contribution in [3.05, 3.63) is 45.7 Å². The van der Waals surface area contributed by atoms with E-state index in [0.717, 1.165) is 30.5 Å². The van der Waals surface area contributed by atoms with Crippen molar-refractivity contribution in [2.45, 2.75) is 25.8 Å². The fraction of sp³-hybridized carbons (Fsp3) is 0.385. The third-order valence-corrected chi connectivity index (χ3v) is 3.41. The first-order valence-electron chi connectivity index (χ1n) is 6.22. The molecule has 2 rings (SSSR count). The van der Waals surface area contributed by atoms with E-state index in [1.165, 1.54) is 0 Å². The summed E-state index contributed by atoms with van der Waals surface area (Å²) in [4.78, 5) is 0. The quantitative estimate of drug-likeness (QED) is 0.834. The molecule has 0 saturated heterocycles. The highest BCUT2D eigenvalue weighted by molar-refractivity contribution is 6.35. The molecule has 1 aromatic carbocycles. The predicted octanol–water partition coefficient (Wildman–Crippen LogP) is 2.91. The highest BCUT2D eigenvalue weighted by Gasteiger charge is 2.05. The van der Waals surface area contributed by atoms with E-state index in [1.54, 1.807) is 10.7 Å². The van der Waals surface area contributed by atoms with Crippen LogP contribution in [0.2, 0.25) is 10.0 Å². The maximum atomic E-state index is 6.13. The van der Waals surface area contributed by atoms with Gasteiger partial charge in [-0.3, -0.25) is 0 Å². The second-order valence-electron chi connectivity index (χ2n) is 4.39. The fourth-order valence-corrected chi connectivity index (χ4v) is 2.27. The number of rotatable bonds is 6. The van der Waals surface area contributed by atoms with Crippen LogP contribution in [0.1, 0.15) is 24.1 Å². The first-order valence-corrected chi connectivity index (χ1v) is 6.97. The molecule has 6 heteroatoms. The van der Waals surface area contributed by atoms with Gasteiger partial charge in [-0.1, -0.05) is 34.5 Å². The maximum absolute atomic E-state index is 6.13. The zero-order valence-corrected chi connectivity index (χ0v) is 12.0. The second-order valence-corrected chi connectivity index (χ2v) is 5.23. The number of aromatic nitrogens is 3. The molecule has 0 spiro atoms. The molecule has 0 radical (unpaired) electrons. The molecule has 1 heterocycles. The normalized spacial score (nSPS) is 10.9. The lowest BCUT2D eigenvalue weighted by atomic mass is 10.2. The van der Waals surface area contributed by atoms with Crippen LogP contribution >= 0.6 is 23.2 Å². The van der Waals surface area contributed by atoms with Crippen molar-refractivity contribution in [1.82, 2.24) is 15.0 Å². The van der Waals surface area contributed by atoms with Crippen LogP contribution in [0.4, 0.5) is 0 Å². The van der Waals surface area contributed by atoms with Crippen molar-refractivity contribution < 1.29 is 0 Å². The summed E-state index contributed by atoms with van der Waals surface area (Å²) in [6, 6.07) is 5.46. The highest BCUT2D eigenvalue weighted by Crippen LogP contribution is 2.21. The predicted molar refractivity (Wildman–Crippen MR) is 77.6 cm³/mol.